The first-order valence-corrected chi connectivity index (χ1v) is 4.37. The highest BCUT2D eigenvalue weighted by Gasteiger charge is 2.44. The van der Waals surface area contributed by atoms with Gasteiger partial charge in [-0.25, -0.2) is 8.78 Å². The van der Waals surface area contributed by atoms with Gasteiger partial charge in [0.1, 0.15) is 0 Å². The number of hydrogen-bond donors (Lipinski definition) is 2. The van der Waals surface area contributed by atoms with Crippen LogP contribution in [0, 0.1) is 0 Å². The van der Waals surface area contributed by atoms with E-state index in [0.717, 1.165) is 0 Å². The fraction of sp³-hybridized carbons (Fsp3) is 0.875. The van der Waals surface area contributed by atoms with Crippen LogP contribution in [0.3, 0.4) is 0 Å². The van der Waals surface area contributed by atoms with Gasteiger partial charge >= 0.3 is 0 Å². The zero-order chi connectivity index (χ0) is 10.1. The van der Waals surface area contributed by atoms with E-state index in [0.29, 0.717) is 12.8 Å². The fourth-order valence-corrected chi connectivity index (χ4v) is 1.41. The molecule has 0 aliphatic heterocycles. The number of halogens is 2. The first kappa shape index (κ1) is 10.4. The summed E-state index contributed by atoms with van der Waals surface area (Å²) in [6, 6.07) is -1.75. The standard InChI is InChI=1S/C8H14F2N2O/c1-5(11)7(13)12-6-3-2-4-8(6,9)10/h5-6H,2-4,11H2,1H3,(H,12,13)/t5-,6?/m0/s1. The van der Waals surface area contributed by atoms with Gasteiger partial charge in [0.15, 0.2) is 0 Å². The molecule has 2 atom stereocenters. The van der Waals surface area contributed by atoms with Crippen molar-refractivity contribution in [1.82, 2.24) is 5.32 Å². The average molecular weight is 192 g/mol. The van der Waals surface area contributed by atoms with Crippen molar-refractivity contribution in [2.75, 3.05) is 0 Å². The lowest BCUT2D eigenvalue weighted by molar-refractivity contribution is -0.125. The number of carbonyl (C=O) groups excluding carboxylic acids is 1. The second-order valence-corrected chi connectivity index (χ2v) is 3.50. The molecule has 0 bridgehead atoms. The Hall–Kier alpha value is -0.710. The Morgan fingerprint density at radius 2 is 2.31 bits per heavy atom. The van der Waals surface area contributed by atoms with E-state index >= 15 is 0 Å². The number of alkyl halides is 2. The number of amides is 1. The molecule has 1 unspecified atom stereocenters. The maximum atomic E-state index is 13.0. The summed E-state index contributed by atoms with van der Waals surface area (Å²) in [5.41, 5.74) is 5.25. The molecule has 3 N–H and O–H groups in total. The van der Waals surface area contributed by atoms with Gasteiger partial charge < -0.3 is 11.1 Å². The number of rotatable bonds is 2. The number of hydrogen-bond acceptors (Lipinski definition) is 2. The van der Waals surface area contributed by atoms with Gasteiger partial charge in [-0.3, -0.25) is 4.79 Å². The smallest absolute Gasteiger partial charge is 0.267 e. The molecule has 0 heterocycles. The van der Waals surface area contributed by atoms with Crippen molar-refractivity contribution in [3.05, 3.63) is 0 Å². The Balaban J connectivity index is 2.50. The van der Waals surface area contributed by atoms with Gasteiger partial charge in [0.2, 0.25) is 5.91 Å². The third-order valence-electron chi connectivity index (χ3n) is 2.24. The minimum atomic E-state index is -2.76. The monoisotopic (exact) mass is 192 g/mol. The van der Waals surface area contributed by atoms with Crippen LogP contribution in [0.2, 0.25) is 0 Å². The minimum Gasteiger partial charge on any atom is -0.346 e. The molecule has 0 aromatic carbocycles. The van der Waals surface area contributed by atoms with Crippen LogP contribution in [0.15, 0.2) is 0 Å². The normalized spacial score (nSPS) is 28.5. The third kappa shape index (κ3) is 2.37. The highest BCUT2D eigenvalue weighted by atomic mass is 19.3. The van der Waals surface area contributed by atoms with Gasteiger partial charge in [-0.15, -0.1) is 0 Å². The quantitative estimate of drug-likeness (QED) is 0.674. The SMILES string of the molecule is C[C@H](N)C(=O)NC1CCCC1(F)F. The van der Waals surface area contributed by atoms with Gasteiger partial charge in [0.25, 0.3) is 5.92 Å². The van der Waals surface area contributed by atoms with Crippen molar-refractivity contribution in [2.45, 2.75) is 44.2 Å². The minimum absolute atomic E-state index is 0.142. The fourth-order valence-electron chi connectivity index (χ4n) is 1.41. The molecule has 1 fully saturated rings. The Bertz CT molecular complexity index is 206. The van der Waals surface area contributed by atoms with Crippen LogP contribution in [0.4, 0.5) is 8.78 Å². The summed E-state index contributed by atoms with van der Waals surface area (Å²) in [5, 5.41) is 2.25. The van der Waals surface area contributed by atoms with Crippen molar-refractivity contribution in [1.29, 1.82) is 0 Å². The maximum absolute atomic E-state index is 13.0. The van der Waals surface area contributed by atoms with Gasteiger partial charge in [-0.05, 0) is 19.8 Å². The summed E-state index contributed by atoms with van der Waals surface area (Å²) in [4.78, 5) is 11.0. The topological polar surface area (TPSA) is 55.1 Å². The first-order chi connectivity index (χ1) is 5.93. The van der Waals surface area contributed by atoms with E-state index in [-0.39, 0.29) is 6.42 Å². The molecule has 76 valence electrons. The lowest BCUT2D eigenvalue weighted by atomic mass is 10.2. The molecule has 1 saturated carbocycles. The molecule has 13 heavy (non-hydrogen) atoms. The average Bonchev–Trinajstić information content (AvgIpc) is 2.30. The van der Waals surface area contributed by atoms with Crippen LogP contribution < -0.4 is 11.1 Å². The summed E-state index contributed by atoms with van der Waals surface area (Å²) >= 11 is 0. The zero-order valence-electron chi connectivity index (χ0n) is 7.52. The zero-order valence-corrected chi connectivity index (χ0v) is 7.52. The van der Waals surface area contributed by atoms with E-state index in [1.807, 2.05) is 0 Å². The largest absolute Gasteiger partial charge is 0.346 e. The predicted octanol–water partition coefficient (Wildman–Crippen LogP) is 0.638. The summed E-state index contributed by atoms with van der Waals surface area (Å²) < 4.78 is 26.0. The predicted molar refractivity (Wildman–Crippen MR) is 44.4 cm³/mol. The second-order valence-electron chi connectivity index (χ2n) is 3.50. The van der Waals surface area contributed by atoms with Crippen molar-refractivity contribution in [2.24, 2.45) is 5.73 Å². The summed E-state index contributed by atoms with van der Waals surface area (Å²) in [7, 11) is 0. The van der Waals surface area contributed by atoms with Gasteiger partial charge in [-0.1, -0.05) is 0 Å². The molecule has 3 nitrogen and oxygen atoms in total. The molecule has 0 saturated heterocycles. The van der Waals surface area contributed by atoms with Crippen molar-refractivity contribution in [3.63, 3.8) is 0 Å². The summed E-state index contributed by atoms with van der Waals surface area (Å²) in [6.45, 7) is 1.47. The number of nitrogens with one attached hydrogen (secondary N) is 1. The summed E-state index contributed by atoms with van der Waals surface area (Å²) in [5.74, 6) is -3.27. The van der Waals surface area contributed by atoms with E-state index in [4.69, 9.17) is 5.73 Å². The van der Waals surface area contributed by atoms with Crippen LogP contribution >= 0.6 is 0 Å². The van der Waals surface area contributed by atoms with E-state index in [1.54, 1.807) is 0 Å². The van der Waals surface area contributed by atoms with Crippen LogP contribution in [0.25, 0.3) is 0 Å². The Morgan fingerprint density at radius 3 is 2.69 bits per heavy atom. The molecular weight excluding hydrogens is 178 g/mol. The third-order valence-corrected chi connectivity index (χ3v) is 2.24. The van der Waals surface area contributed by atoms with Crippen molar-refractivity contribution >= 4 is 5.91 Å². The lowest BCUT2D eigenvalue weighted by Crippen LogP contribution is -2.49. The second kappa shape index (κ2) is 3.57. The van der Waals surface area contributed by atoms with E-state index < -0.39 is 23.9 Å². The van der Waals surface area contributed by atoms with Crippen LogP contribution in [-0.2, 0) is 4.79 Å². The Labute approximate surface area is 75.7 Å². The molecule has 0 radical (unpaired) electrons. The molecule has 1 aliphatic carbocycles. The molecule has 0 aromatic rings. The Kier molecular flexibility index (Phi) is 2.85. The molecule has 1 amide bonds. The van der Waals surface area contributed by atoms with E-state index in [1.165, 1.54) is 6.92 Å². The highest BCUT2D eigenvalue weighted by molar-refractivity contribution is 5.81. The molecule has 0 spiro atoms. The van der Waals surface area contributed by atoms with E-state index in [2.05, 4.69) is 5.32 Å². The van der Waals surface area contributed by atoms with Gasteiger partial charge in [0, 0.05) is 6.42 Å². The van der Waals surface area contributed by atoms with Crippen LogP contribution in [-0.4, -0.2) is 23.9 Å². The lowest BCUT2D eigenvalue weighted by Gasteiger charge is -2.21. The van der Waals surface area contributed by atoms with Crippen LogP contribution in [0.1, 0.15) is 26.2 Å². The summed E-state index contributed by atoms with van der Waals surface area (Å²) in [6.07, 6.45) is 0.652. The maximum Gasteiger partial charge on any atom is 0.267 e. The molecular formula is C8H14F2N2O. The Morgan fingerprint density at radius 1 is 1.69 bits per heavy atom. The molecule has 1 aliphatic rings. The van der Waals surface area contributed by atoms with Crippen molar-refractivity contribution in [3.8, 4) is 0 Å². The molecule has 0 aromatic heterocycles. The van der Waals surface area contributed by atoms with Gasteiger partial charge in [-0.2, -0.15) is 0 Å². The van der Waals surface area contributed by atoms with Crippen LogP contribution in [0.5, 0.6) is 0 Å². The first-order valence-electron chi connectivity index (χ1n) is 4.37. The van der Waals surface area contributed by atoms with Gasteiger partial charge in [0.05, 0.1) is 12.1 Å². The van der Waals surface area contributed by atoms with E-state index in [9.17, 15) is 13.6 Å². The molecule has 5 heteroatoms. The number of carbonyl (C=O) groups is 1. The highest BCUT2D eigenvalue weighted by Crippen LogP contribution is 2.34. The number of nitrogens with two attached hydrogens (primary N) is 1. The van der Waals surface area contributed by atoms with Crippen molar-refractivity contribution < 1.29 is 13.6 Å². The molecule has 1 rings (SSSR count).